The topological polar surface area (TPSA) is 87.7 Å². The quantitative estimate of drug-likeness (QED) is 0.707. The van der Waals surface area contributed by atoms with Crippen LogP contribution in [-0.4, -0.2) is 29.9 Å². The fourth-order valence-electron chi connectivity index (χ4n) is 1.73. The third-order valence-electron chi connectivity index (χ3n) is 3.61. The van der Waals surface area contributed by atoms with E-state index in [1.165, 1.54) is 0 Å². The molecule has 0 heterocycles. The average molecular weight is 377 g/mol. The molecule has 0 aliphatic heterocycles. The van der Waals surface area contributed by atoms with E-state index < -0.39 is 18.2 Å². The molecule has 0 aliphatic carbocycles. The standard InChI is InChI=1S/C16H22Cl2N2O4/c1-9(16(2,3)4)24-15(23)20-12(8-19-14(21)22)10-6-5-7-11(17)13(10)18/h5-7,9,12,19H,8H2,1-4H3,(H,20,23)(H,21,22). The van der Waals surface area contributed by atoms with E-state index in [2.05, 4.69) is 10.6 Å². The Hall–Kier alpha value is -1.66. The lowest BCUT2D eigenvalue weighted by molar-refractivity contribution is 0.0418. The summed E-state index contributed by atoms with van der Waals surface area (Å²) in [5, 5.41) is 14.2. The molecule has 0 bridgehead atoms. The smallest absolute Gasteiger partial charge is 0.407 e. The van der Waals surface area contributed by atoms with Gasteiger partial charge in [-0.3, -0.25) is 0 Å². The Morgan fingerprint density at radius 2 is 1.92 bits per heavy atom. The van der Waals surface area contributed by atoms with Crippen LogP contribution in [0.4, 0.5) is 9.59 Å². The Balaban J connectivity index is 2.92. The van der Waals surface area contributed by atoms with Crippen LogP contribution in [0.5, 0.6) is 0 Å². The van der Waals surface area contributed by atoms with Crippen LogP contribution in [0, 0.1) is 5.41 Å². The molecule has 2 amide bonds. The minimum atomic E-state index is -1.21. The van der Waals surface area contributed by atoms with Crippen LogP contribution in [0.3, 0.4) is 0 Å². The first-order valence-corrected chi connectivity index (χ1v) is 8.15. The van der Waals surface area contributed by atoms with Crippen LogP contribution in [0.15, 0.2) is 18.2 Å². The molecule has 8 heteroatoms. The van der Waals surface area contributed by atoms with Crippen molar-refractivity contribution >= 4 is 35.4 Å². The van der Waals surface area contributed by atoms with E-state index in [0.717, 1.165) is 0 Å². The maximum absolute atomic E-state index is 12.1. The molecule has 0 aromatic heterocycles. The van der Waals surface area contributed by atoms with Crippen molar-refractivity contribution in [2.75, 3.05) is 6.54 Å². The number of rotatable bonds is 5. The van der Waals surface area contributed by atoms with Gasteiger partial charge in [0.25, 0.3) is 0 Å². The van der Waals surface area contributed by atoms with Crippen LogP contribution < -0.4 is 10.6 Å². The Morgan fingerprint density at radius 1 is 1.29 bits per heavy atom. The van der Waals surface area contributed by atoms with Gasteiger partial charge in [0.05, 0.1) is 16.1 Å². The fraction of sp³-hybridized carbons (Fsp3) is 0.500. The van der Waals surface area contributed by atoms with Gasteiger partial charge in [-0.05, 0) is 24.0 Å². The van der Waals surface area contributed by atoms with Crippen LogP contribution in [0.1, 0.15) is 39.3 Å². The number of carbonyl (C=O) groups is 2. The second-order valence-electron chi connectivity index (χ2n) is 6.44. The number of ether oxygens (including phenoxy) is 1. The molecule has 1 aromatic carbocycles. The van der Waals surface area contributed by atoms with E-state index in [-0.39, 0.29) is 23.1 Å². The van der Waals surface area contributed by atoms with Gasteiger partial charge >= 0.3 is 12.2 Å². The number of alkyl carbamates (subject to hydrolysis) is 1. The van der Waals surface area contributed by atoms with Gasteiger partial charge in [0.15, 0.2) is 0 Å². The summed E-state index contributed by atoms with van der Waals surface area (Å²) in [7, 11) is 0. The summed E-state index contributed by atoms with van der Waals surface area (Å²) in [5.74, 6) is 0. The number of halogens is 2. The van der Waals surface area contributed by atoms with E-state index in [4.69, 9.17) is 33.0 Å². The highest BCUT2D eigenvalue weighted by Gasteiger charge is 2.26. The number of hydrogen-bond acceptors (Lipinski definition) is 3. The van der Waals surface area contributed by atoms with Crippen molar-refractivity contribution in [3.63, 3.8) is 0 Å². The van der Waals surface area contributed by atoms with Crippen LogP contribution in [0.25, 0.3) is 0 Å². The highest BCUT2D eigenvalue weighted by Crippen LogP contribution is 2.30. The molecule has 1 aromatic rings. The molecule has 0 aliphatic rings. The maximum atomic E-state index is 12.1. The predicted molar refractivity (Wildman–Crippen MR) is 93.8 cm³/mol. The van der Waals surface area contributed by atoms with E-state index in [9.17, 15) is 9.59 Å². The molecule has 134 valence electrons. The average Bonchev–Trinajstić information content (AvgIpc) is 2.45. The van der Waals surface area contributed by atoms with Gasteiger partial charge in [-0.1, -0.05) is 56.1 Å². The lowest BCUT2D eigenvalue weighted by Gasteiger charge is -2.28. The first-order valence-electron chi connectivity index (χ1n) is 7.40. The van der Waals surface area contributed by atoms with Crippen molar-refractivity contribution in [3.05, 3.63) is 33.8 Å². The molecular weight excluding hydrogens is 355 g/mol. The zero-order valence-electron chi connectivity index (χ0n) is 14.0. The number of amides is 2. The van der Waals surface area contributed by atoms with Crippen LogP contribution in [0.2, 0.25) is 10.0 Å². The zero-order chi connectivity index (χ0) is 18.5. The highest BCUT2D eigenvalue weighted by molar-refractivity contribution is 6.42. The van der Waals surface area contributed by atoms with E-state index in [0.29, 0.717) is 10.6 Å². The summed E-state index contributed by atoms with van der Waals surface area (Å²) in [6.07, 6.45) is -2.21. The minimum Gasteiger partial charge on any atom is -0.465 e. The molecule has 24 heavy (non-hydrogen) atoms. The SMILES string of the molecule is CC(OC(=O)NC(CNC(=O)O)c1cccc(Cl)c1Cl)C(C)(C)C. The third-order valence-corrected chi connectivity index (χ3v) is 4.44. The molecular formula is C16H22Cl2N2O4. The Bertz CT molecular complexity index is 602. The summed E-state index contributed by atoms with van der Waals surface area (Å²) in [4.78, 5) is 22.9. The van der Waals surface area contributed by atoms with Crippen molar-refractivity contribution in [2.24, 2.45) is 5.41 Å². The Kier molecular flexibility index (Phi) is 7.17. The maximum Gasteiger partial charge on any atom is 0.407 e. The molecule has 2 unspecified atom stereocenters. The first kappa shape index (κ1) is 20.4. The van der Waals surface area contributed by atoms with Crippen molar-refractivity contribution < 1.29 is 19.4 Å². The van der Waals surface area contributed by atoms with Crippen molar-refractivity contribution in [1.29, 1.82) is 0 Å². The highest BCUT2D eigenvalue weighted by atomic mass is 35.5. The monoisotopic (exact) mass is 376 g/mol. The number of benzene rings is 1. The summed E-state index contributed by atoms with van der Waals surface area (Å²) in [6.45, 7) is 7.55. The molecule has 1 rings (SSSR count). The van der Waals surface area contributed by atoms with Crippen LogP contribution in [-0.2, 0) is 4.74 Å². The number of carbonyl (C=O) groups excluding carboxylic acids is 1. The molecule has 0 saturated heterocycles. The van der Waals surface area contributed by atoms with Crippen molar-refractivity contribution in [2.45, 2.75) is 39.8 Å². The van der Waals surface area contributed by atoms with E-state index >= 15 is 0 Å². The molecule has 6 nitrogen and oxygen atoms in total. The van der Waals surface area contributed by atoms with Crippen LogP contribution >= 0.6 is 23.2 Å². The number of hydrogen-bond donors (Lipinski definition) is 3. The second kappa shape index (κ2) is 8.44. The minimum absolute atomic E-state index is 0.0750. The summed E-state index contributed by atoms with van der Waals surface area (Å²) >= 11 is 12.2. The molecule has 0 saturated carbocycles. The summed E-state index contributed by atoms with van der Waals surface area (Å²) in [6, 6.07) is 4.22. The van der Waals surface area contributed by atoms with Gasteiger partial charge in [-0.2, -0.15) is 0 Å². The molecule has 0 radical (unpaired) electrons. The largest absolute Gasteiger partial charge is 0.465 e. The zero-order valence-corrected chi connectivity index (χ0v) is 15.5. The van der Waals surface area contributed by atoms with Gasteiger partial charge in [-0.25, -0.2) is 9.59 Å². The van der Waals surface area contributed by atoms with Gasteiger partial charge < -0.3 is 20.5 Å². The third kappa shape index (κ3) is 6.09. The van der Waals surface area contributed by atoms with Gasteiger partial charge in [0, 0.05) is 6.54 Å². The number of nitrogens with one attached hydrogen (secondary N) is 2. The predicted octanol–water partition coefficient (Wildman–Crippen LogP) is 4.46. The summed E-state index contributed by atoms with van der Waals surface area (Å²) < 4.78 is 5.34. The van der Waals surface area contributed by atoms with E-state index in [1.54, 1.807) is 25.1 Å². The Morgan fingerprint density at radius 3 is 2.46 bits per heavy atom. The molecule has 0 fully saturated rings. The lowest BCUT2D eigenvalue weighted by Crippen LogP contribution is -2.40. The van der Waals surface area contributed by atoms with Gasteiger partial charge in [-0.15, -0.1) is 0 Å². The van der Waals surface area contributed by atoms with Crippen molar-refractivity contribution in [3.8, 4) is 0 Å². The second-order valence-corrected chi connectivity index (χ2v) is 7.22. The first-order chi connectivity index (χ1) is 11.0. The van der Waals surface area contributed by atoms with E-state index in [1.807, 2.05) is 20.8 Å². The van der Waals surface area contributed by atoms with Gasteiger partial charge in [0.2, 0.25) is 0 Å². The molecule has 0 spiro atoms. The fourth-order valence-corrected chi connectivity index (χ4v) is 2.17. The number of carboxylic acid groups (broad SMARTS) is 1. The van der Waals surface area contributed by atoms with Crippen molar-refractivity contribution in [1.82, 2.24) is 10.6 Å². The lowest BCUT2D eigenvalue weighted by atomic mass is 9.90. The molecule has 3 N–H and O–H groups in total. The molecule has 2 atom stereocenters. The summed E-state index contributed by atoms with van der Waals surface area (Å²) in [5.41, 5.74) is 0.276. The van der Waals surface area contributed by atoms with Gasteiger partial charge in [0.1, 0.15) is 6.10 Å². The normalized spacial score (nSPS) is 13.8. The Labute approximate surface area is 151 Å².